The van der Waals surface area contributed by atoms with Crippen LogP contribution in [-0.4, -0.2) is 14.1 Å². The Kier molecular flexibility index (Phi) is 6.13. The van der Waals surface area contributed by atoms with E-state index >= 15 is 0 Å². The summed E-state index contributed by atoms with van der Waals surface area (Å²) in [5, 5.41) is 0. The molecule has 0 saturated heterocycles. The average Bonchev–Trinajstić information content (AvgIpc) is 2.54. The summed E-state index contributed by atoms with van der Waals surface area (Å²) < 4.78 is 3.12. The molecule has 0 spiro atoms. The van der Waals surface area contributed by atoms with Crippen molar-refractivity contribution in [1.82, 2.24) is 14.1 Å². The van der Waals surface area contributed by atoms with Gasteiger partial charge in [0.1, 0.15) is 0 Å². The minimum Gasteiger partial charge on any atom is -0.291 e. The molecule has 0 bridgehead atoms. The molecule has 5 heteroatoms. The zero-order chi connectivity index (χ0) is 16.8. The summed E-state index contributed by atoms with van der Waals surface area (Å²) in [5.74, 6) is 0. The van der Waals surface area contributed by atoms with Gasteiger partial charge in [-0.15, -0.1) is 0 Å². The standard InChI is InChI=1S/C18H27N3O2/c1-4-6-8-12-20-16-14(3)10-11-19-15(16)17(22)21(18(20)23)13-9-7-5-2/h10-11H,4-9,12-13H2,1-3H3. The summed E-state index contributed by atoms with van der Waals surface area (Å²) in [6.45, 7) is 7.30. The lowest BCUT2D eigenvalue weighted by Gasteiger charge is -2.15. The first-order valence-electron chi connectivity index (χ1n) is 8.70. The zero-order valence-electron chi connectivity index (χ0n) is 14.5. The summed E-state index contributed by atoms with van der Waals surface area (Å²) >= 11 is 0. The van der Waals surface area contributed by atoms with Gasteiger partial charge in [0.25, 0.3) is 5.56 Å². The third-order valence-electron chi connectivity index (χ3n) is 4.28. The van der Waals surface area contributed by atoms with Gasteiger partial charge in [-0.1, -0.05) is 39.5 Å². The van der Waals surface area contributed by atoms with E-state index in [0.717, 1.165) is 44.1 Å². The van der Waals surface area contributed by atoms with Crippen LogP contribution in [-0.2, 0) is 13.1 Å². The molecular formula is C18H27N3O2. The minimum absolute atomic E-state index is 0.189. The Morgan fingerprint density at radius 3 is 2.17 bits per heavy atom. The van der Waals surface area contributed by atoms with Gasteiger partial charge in [-0.05, 0) is 31.4 Å². The lowest BCUT2D eigenvalue weighted by molar-refractivity contribution is 0.517. The molecule has 2 aromatic heterocycles. The molecule has 0 aromatic carbocycles. The van der Waals surface area contributed by atoms with Gasteiger partial charge in [0.05, 0.1) is 5.52 Å². The lowest BCUT2D eigenvalue weighted by Crippen LogP contribution is -2.40. The largest absolute Gasteiger partial charge is 0.331 e. The van der Waals surface area contributed by atoms with Crippen molar-refractivity contribution in [3.63, 3.8) is 0 Å². The molecule has 5 nitrogen and oxygen atoms in total. The Bertz CT molecular complexity index is 774. The normalized spacial score (nSPS) is 11.3. The molecule has 0 aliphatic rings. The number of fused-ring (bicyclic) bond motifs is 1. The summed E-state index contributed by atoms with van der Waals surface area (Å²) in [6.07, 6.45) is 7.68. The predicted molar refractivity (Wildman–Crippen MR) is 94.1 cm³/mol. The fraction of sp³-hybridized carbons (Fsp3) is 0.611. The van der Waals surface area contributed by atoms with Crippen molar-refractivity contribution in [3.05, 3.63) is 38.7 Å². The minimum atomic E-state index is -0.253. The van der Waals surface area contributed by atoms with E-state index in [9.17, 15) is 9.59 Å². The van der Waals surface area contributed by atoms with Crippen molar-refractivity contribution < 1.29 is 0 Å². The topological polar surface area (TPSA) is 56.9 Å². The van der Waals surface area contributed by atoms with E-state index in [2.05, 4.69) is 18.8 Å². The predicted octanol–water partition coefficient (Wildman–Crippen LogP) is 3.25. The number of hydrogen-bond acceptors (Lipinski definition) is 3. The molecule has 126 valence electrons. The fourth-order valence-corrected chi connectivity index (χ4v) is 2.95. The Hall–Kier alpha value is -1.91. The highest BCUT2D eigenvalue weighted by Crippen LogP contribution is 2.12. The second-order valence-corrected chi connectivity index (χ2v) is 6.13. The van der Waals surface area contributed by atoms with E-state index < -0.39 is 0 Å². The van der Waals surface area contributed by atoms with Crippen molar-refractivity contribution in [3.8, 4) is 0 Å². The number of hydrogen-bond donors (Lipinski definition) is 0. The van der Waals surface area contributed by atoms with Crippen LogP contribution in [0.5, 0.6) is 0 Å². The van der Waals surface area contributed by atoms with Gasteiger partial charge in [-0.3, -0.25) is 13.9 Å². The molecule has 0 unspecified atom stereocenters. The quantitative estimate of drug-likeness (QED) is 0.702. The van der Waals surface area contributed by atoms with E-state index in [1.54, 1.807) is 10.8 Å². The van der Waals surface area contributed by atoms with Crippen LogP contribution in [0.15, 0.2) is 21.9 Å². The van der Waals surface area contributed by atoms with Crippen LogP contribution in [0.4, 0.5) is 0 Å². The van der Waals surface area contributed by atoms with E-state index in [1.807, 2.05) is 13.0 Å². The highest BCUT2D eigenvalue weighted by atomic mass is 16.2. The Morgan fingerprint density at radius 1 is 0.957 bits per heavy atom. The molecule has 0 fully saturated rings. The Labute approximate surface area is 137 Å². The van der Waals surface area contributed by atoms with Gasteiger partial charge in [0.2, 0.25) is 0 Å². The lowest BCUT2D eigenvalue weighted by atomic mass is 10.2. The molecule has 23 heavy (non-hydrogen) atoms. The summed E-state index contributed by atoms with van der Waals surface area (Å²) in [6, 6.07) is 1.86. The van der Waals surface area contributed by atoms with Gasteiger partial charge >= 0.3 is 5.69 Å². The number of aryl methyl sites for hydroxylation is 2. The number of unbranched alkanes of at least 4 members (excludes halogenated alkanes) is 4. The first-order valence-corrected chi connectivity index (χ1v) is 8.70. The zero-order valence-corrected chi connectivity index (χ0v) is 14.5. The van der Waals surface area contributed by atoms with Crippen molar-refractivity contribution in [2.24, 2.45) is 0 Å². The van der Waals surface area contributed by atoms with Crippen LogP contribution >= 0.6 is 0 Å². The first kappa shape index (κ1) is 17.4. The molecule has 0 N–H and O–H groups in total. The van der Waals surface area contributed by atoms with E-state index in [1.165, 1.54) is 4.57 Å². The SMILES string of the molecule is CCCCCn1c(=O)c2nccc(C)c2n(CCCCC)c1=O. The summed E-state index contributed by atoms with van der Waals surface area (Å²) in [5.41, 5.74) is 1.60. The molecule has 0 amide bonds. The molecule has 2 heterocycles. The number of aromatic nitrogens is 3. The smallest absolute Gasteiger partial charge is 0.291 e. The molecular weight excluding hydrogens is 290 g/mol. The molecule has 0 aliphatic carbocycles. The van der Waals surface area contributed by atoms with Crippen LogP contribution in [0, 0.1) is 6.92 Å². The second-order valence-electron chi connectivity index (χ2n) is 6.13. The van der Waals surface area contributed by atoms with Crippen LogP contribution in [0.1, 0.15) is 57.9 Å². The number of pyridine rings is 1. The Balaban J connectivity index is 2.59. The summed E-state index contributed by atoms with van der Waals surface area (Å²) in [7, 11) is 0. The first-order chi connectivity index (χ1) is 11.1. The maximum atomic E-state index is 12.8. The van der Waals surface area contributed by atoms with Gasteiger partial charge in [-0.25, -0.2) is 9.78 Å². The molecule has 0 aliphatic heterocycles. The maximum absolute atomic E-state index is 12.8. The van der Waals surface area contributed by atoms with Gasteiger partial charge in [0, 0.05) is 19.3 Å². The molecule has 0 saturated carbocycles. The third kappa shape index (κ3) is 3.71. The van der Waals surface area contributed by atoms with Crippen molar-refractivity contribution in [1.29, 1.82) is 0 Å². The molecule has 0 radical (unpaired) electrons. The van der Waals surface area contributed by atoms with Gasteiger partial charge in [-0.2, -0.15) is 0 Å². The van der Waals surface area contributed by atoms with Crippen LogP contribution in [0.25, 0.3) is 11.0 Å². The second kappa shape index (κ2) is 8.09. The van der Waals surface area contributed by atoms with Crippen molar-refractivity contribution in [2.45, 2.75) is 72.4 Å². The van der Waals surface area contributed by atoms with Crippen LogP contribution < -0.4 is 11.2 Å². The molecule has 2 rings (SSSR count). The van der Waals surface area contributed by atoms with E-state index in [0.29, 0.717) is 24.1 Å². The molecule has 0 atom stereocenters. The highest BCUT2D eigenvalue weighted by Gasteiger charge is 2.15. The maximum Gasteiger partial charge on any atom is 0.331 e. The average molecular weight is 317 g/mol. The summed E-state index contributed by atoms with van der Waals surface area (Å²) in [4.78, 5) is 29.8. The fourth-order valence-electron chi connectivity index (χ4n) is 2.95. The highest BCUT2D eigenvalue weighted by molar-refractivity contribution is 5.76. The van der Waals surface area contributed by atoms with Crippen molar-refractivity contribution in [2.75, 3.05) is 0 Å². The van der Waals surface area contributed by atoms with Gasteiger partial charge in [0.15, 0.2) is 5.52 Å². The van der Waals surface area contributed by atoms with Crippen LogP contribution in [0.3, 0.4) is 0 Å². The Morgan fingerprint density at radius 2 is 1.57 bits per heavy atom. The van der Waals surface area contributed by atoms with Crippen LogP contribution in [0.2, 0.25) is 0 Å². The van der Waals surface area contributed by atoms with E-state index in [4.69, 9.17) is 0 Å². The van der Waals surface area contributed by atoms with E-state index in [-0.39, 0.29) is 11.2 Å². The monoisotopic (exact) mass is 317 g/mol. The van der Waals surface area contributed by atoms with Crippen molar-refractivity contribution >= 4 is 11.0 Å². The molecule has 2 aromatic rings. The van der Waals surface area contributed by atoms with Gasteiger partial charge < -0.3 is 0 Å². The number of rotatable bonds is 8. The third-order valence-corrected chi connectivity index (χ3v) is 4.28. The number of nitrogens with zero attached hydrogens (tertiary/aromatic N) is 3.